The number of nitro benzene ring substituents is 1. The lowest BCUT2D eigenvalue weighted by Gasteiger charge is -2.07. The molecule has 17 heavy (non-hydrogen) atoms. The summed E-state index contributed by atoms with van der Waals surface area (Å²) in [6.07, 6.45) is 0. The third-order valence-electron chi connectivity index (χ3n) is 1.84. The molecule has 7 nitrogen and oxygen atoms in total. The minimum atomic E-state index is -4.24. The van der Waals surface area contributed by atoms with Gasteiger partial charge in [0, 0.05) is 22.8 Å². The van der Waals surface area contributed by atoms with E-state index in [1.807, 2.05) is 0 Å². The first-order valence-corrected chi connectivity index (χ1v) is 6.33. The van der Waals surface area contributed by atoms with Gasteiger partial charge in [0.1, 0.15) is 16.5 Å². The average molecular weight is 277 g/mol. The molecule has 0 unspecified atom stereocenters. The molecule has 0 saturated heterocycles. The fraction of sp³-hybridized carbons (Fsp3) is 0.125. The van der Waals surface area contributed by atoms with Crippen molar-refractivity contribution >= 4 is 25.4 Å². The van der Waals surface area contributed by atoms with Gasteiger partial charge in [-0.1, -0.05) is 0 Å². The SMILES string of the molecule is COc1c(C#N)cc([N+](=O)[O-])cc1S(=O)(=O)Cl. The molecule has 9 heteroatoms. The summed E-state index contributed by atoms with van der Waals surface area (Å²) in [6.45, 7) is 0. The van der Waals surface area contributed by atoms with Crippen molar-refractivity contribution in [1.82, 2.24) is 0 Å². The second-order valence-electron chi connectivity index (χ2n) is 2.83. The predicted molar refractivity (Wildman–Crippen MR) is 57.4 cm³/mol. The third kappa shape index (κ3) is 2.64. The average Bonchev–Trinajstić information content (AvgIpc) is 2.25. The fourth-order valence-electron chi connectivity index (χ4n) is 1.17. The van der Waals surface area contributed by atoms with Crippen molar-refractivity contribution in [1.29, 1.82) is 5.26 Å². The molecule has 0 aliphatic carbocycles. The first kappa shape index (κ1) is 13.2. The molecule has 0 atom stereocenters. The number of rotatable bonds is 3. The summed E-state index contributed by atoms with van der Waals surface area (Å²) < 4.78 is 27.1. The molecule has 1 rings (SSSR count). The summed E-state index contributed by atoms with van der Waals surface area (Å²) >= 11 is 0. The Kier molecular flexibility index (Phi) is 3.55. The highest BCUT2D eigenvalue weighted by Crippen LogP contribution is 2.34. The molecule has 0 spiro atoms. The van der Waals surface area contributed by atoms with Crippen molar-refractivity contribution in [2.45, 2.75) is 4.90 Å². The monoisotopic (exact) mass is 276 g/mol. The first-order chi connectivity index (χ1) is 7.81. The zero-order chi connectivity index (χ0) is 13.2. The first-order valence-electron chi connectivity index (χ1n) is 4.02. The van der Waals surface area contributed by atoms with Gasteiger partial charge in [-0.05, 0) is 0 Å². The van der Waals surface area contributed by atoms with Crippen LogP contribution in [0.3, 0.4) is 0 Å². The Balaban J connectivity index is 3.74. The number of benzene rings is 1. The topological polar surface area (TPSA) is 110 Å². The van der Waals surface area contributed by atoms with Gasteiger partial charge in [0.25, 0.3) is 14.7 Å². The number of non-ortho nitro benzene ring substituents is 1. The van der Waals surface area contributed by atoms with Crippen LogP contribution in [0.5, 0.6) is 5.75 Å². The lowest BCUT2D eigenvalue weighted by atomic mass is 10.2. The lowest BCUT2D eigenvalue weighted by molar-refractivity contribution is -0.385. The van der Waals surface area contributed by atoms with Gasteiger partial charge in [-0.15, -0.1) is 0 Å². The van der Waals surface area contributed by atoms with Gasteiger partial charge in [-0.2, -0.15) is 5.26 Å². The number of ether oxygens (including phenoxy) is 1. The van der Waals surface area contributed by atoms with E-state index in [0.717, 1.165) is 19.2 Å². The van der Waals surface area contributed by atoms with E-state index in [0.29, 0.717) is 0 Å². The van der Waals surface area contributed by atoms with Crippen molar-refractivity contribution in [3.05, 3.63) is 27.8 Å². The minimum Gasteiger partial charge on any atom is -0.494 e. The number of nitro groups is 1. The van der Waals surface area contributed by atoms with E-state index in [1.54, 1.807) is 6.07 Å². The van der Waals surface area contributed by atoms with Crippen molar-refractivity contribution in [3.63, 3.8) is 0 Å². The second-order valence-corrected chi connectivity index (χ2v) is 5.37. The Bertz CT molecular complexity index is 620. The van der Waals surface area contributed by atoms with Crippen LogP contribution in [0, 0.1) is 21.4 Å². The summed E-state index contributed by atoms with van der Waals surface area (Å²) in [7, 11) is 2.00. The molecule has 0 bridgehead atoms. The number of nitriles is 1. The van der Waals surface area contributed by atoms with Crippen LogP contribution in [0.1, 0.15) is 5.56 Å². The zero-order valence-electron chi connectivity index (χ0n) is 8.38. The molecule has 0 fully saturated rings. The summed E-state index contributed by atoms with van der Waals surface area (Å²) in [5, 5.41) is 19.3. The number of methoxy groups -OCH3 is 1. The van der Waals surface area contributed by atoms with Gasteiger partial charge in [0.2, 0.25) is 0 Å². The van der Waals surface area contributed by atoms with Crippen LogP contribution in [0.15, 0.2) is 17.0 Å². The summed E-state index contributed by atoms with van der Waals surface area (Å²) in [5.41, 5.74) is -0.831. The van der Waals surface area contributed by atoms with Crippen LogP contribution in [-0.4, -0.2) is 20.5 Å². The molecule has 0 N–H and O–H groups in total. The zero-order valence-corrected chi connectivity index (χ0v) is 9.95. The number of hydrogen-bond acceptors (Lipinski definition) is 6. The van der Waals surface area contributed by atoms with E-state index in [9.17, 15) is 18.5 Å². The minimum absolute atomic E-state index is 0.277. The molecule has 0 amide bonds. The highest BCUT2D eigenvalue weighted by molar-refractivity contribution is 8.13. The largest absolute Gasteiger partial charge is 0.494 e. The Hall–Kier alpha value is -1.85. The van der Waals surface area contributed by atoms with Crippen molar-refractivity contribution in [2.75, 3.05) is 7.11 Å². The van der Waals surface area contributed by atoms with Crippen molar-refractivity contribution < 1.29 is 18.1 Å². The number of halogens is 1. The Morgan fingerprint density at radius 1 is 1.53 bits per heavy atom. The Morgan fingerprint density at radius 2 is 2.12 bits per heavy atom. The van der Waals surface area contributed by atoms with Gasteiger partial charge >= 0.3 is 0 Å². The third-order valence-corrected chi connectivity index (χ3v) is 3.17. The maximum Gasteiger partial charge on any atom is 0.272 e. The molecular weight excluding hydrogens is 272 g/mol. The molecule has 0 aliphatic heterocycles. The van der Waals surface area contributed by atoms with E-state index in [1.165, 1.54) is 0 Å². The highest BCUT2D eigenvalue weighted by atomic mass is 35.7. The van der Waals surface area contributed by atoms with Crippen molar-refractivity contribution in [3.8, 4) is 11.8 Å². The standard InChI is InChI=1S/C8H5ClN2O5S/c1-16-8-5(4-10)2-6(11(12)13)3-7(8)17(9,14)15/h2-3H,1H3. The molecule has 1 aromatic rings. The summed E-state index contributed by atoms with van der Waals surface area (Å²) in [5.74, 6) is -0.312. The quantitative estimate of drug-likeness (QED) is 0.469. The smallest absolute Gasteiger partial charge is 0.272 e. The number of hydrogen-bond donors (Lipinski definition) is 0. The van der Waals surface area contributed by atoms with Crippen LogP contribution in [0.2, 0.25) is 0 Å². The molecule has 0 aliphatic rings. The molecule has 0 aromatic heterocycles. The van der Waals surface area contributed by atoms with Crippen LogP contribution >= 0.6 is 10.7 Å². The molecule has 0 radical (unpaired) electrons. The predicted octanol–water partition coefficient (Wildman–Crippen LogP) is 1.40. The Labute approximate surface area is 101 Å². The molecular formula is C8H5ClN2O5S. The summed E-state index contributed by atoms with van der Waals surface area (Å²) in [6, 6.07) is 3.25. The van der Waals surface area contributed by atoms with E-state index < -0.39 is 24.6 Å². The van der Waals surface area contributed by atoms with E-state index in [-0.39, 0.29) is 11.3 Å². The van der Waals surface area contributed by atoms with Gasteiger partial charge in [0.15, 0.2) is 5.75 Å². The van der Waals surface area contributed by atoms with Crippen LogP contribution in [-0.2, 0) is 9.05 Å². The van der Waals surface area contributed by atoms with E-state index >= 15 is 0 Å². The fourth-order valence-corrected chi connectivity index (χ4v) is 2.19. The second kappa shape index (κ2) is 4.57. The molecule has 90 valence electrons. The molecule has 0 heterocycles. The van der Waals surface area contributed by atoms with Gasteiger partial charge < -0.3 is 4.74 Å². The normalized spacial score (nSPS) is 10.6. The van der Waals surface area contributed by atoms with Crippen molar-refractivity contribution in [2.24, 2.45) is 0 Å². The van der Waals surface area contributed by atoms with Crippen LogP contribution in [0.4, 0.5) is 5.69 Å². The van der Waals surface area contributed by atoms with Gasteiger partial charge in [-0.25, -0.2) is 8.42 Å². The van der Waals surface area contributed by atoms with Crippen LogP contribution in [0.25, 0.3) is 0 Å². The maximum absolute atomic E-state index is 11.2. The lowest BCUT2D eigenvalue weighted by Crippen LogP contribution is -2.01. The molecule has 0 saturated carbocycles. The Morgan fingerprint density at radius 3 is 2.47 bits per heavy atom. The maximum atomic E-state index is 11.2. The van der Waals surface area contributed by atoms with E-state index in [2.05, 4.69) is 0 Å². The highest BCUT2D eigenvalue weighted by Gasteiger charge is 2.24. The summed E-state index contributed by atoms with van der Waals surface area (Å²) in [4.78, 5) is 9.13. The van der Waals surface area contributed by atoms with Gasteiger partial charge in [-0.3, -0.25) is 10.1 Å². The number of nitrogens with zero attached hydrogens (tertiary/aromatic N) is 2. The van der Waals surface area contributed by atoms with Crippen LogP contribution < -0.4 is 4.74 Å². The van der Waals surface area contributed by atoms with E-state index in [4.69, 9.17) is 20.7 Å². The molecule has 1 aromatic carbocycles. The van der Waals surface area contributed by atoms with Gasteiger partial charge in [0.05, 0.1) is 12.0 Å².